The van der Waals surface area contributed by atoms with E-state index >= 15 is 0 Å². The van der Waals surface area contributed by atoms with Crippen LogP contribution in [-0.2, 0) is 11.2 Å². The van der Waals surface area contributed by atoms with Gasteiger partial charge in [0.25, 0.3) is 0 Å². The van der Waals surface area contributed by atoms with Crippen molar-refractivity contribution in [2.24, 2.45) is 5.92 Å². The Morgan fingerprint density at radius 2 is 2.06 bits per heavy atom. The quantitative estimate of drug-likeness (QED) is 0.683. The highest BCUT2D eigenvalue weighted by atomic mass is 19.1. The number of ether oxygens (including phenoxy) is 1. The molecule has 0 bridgehead atoms. The van der Waals surface area contributed by atoms with E-state index in [1.54, 1.807) is 6.07 Å². The molecular formula is C15H24FNO. The molecule has 0 amide bonds. The largest absolute Gasteiger partial charge is 0.381 e. The van der Waals surface area contributed by atoms with Gasteiger partial charge in [-0.15, -0.1) is 0 Å². The molecule has 3 heteroatoms. The Balaban J connectivity index is 2.44. The van der Waals surface area contributed by atoms with Crippen LogP contribution in [0.3, 0.4) is 0 Å². The number of hydrogen-bond donors (Lipinski definition) is 1. The Morgan fingerprint density at radius 1 is 1.28 bits per heavy atom. The van der Waals surface area contributed by atoms with Crippen LogP contribution in [0.1, 0.15) is 25.3 Å². The molecule has 1 rings (SSSR count). The van der Waals surface area contributed by atoms with E-state index in [9.17, 15) is 4.39 Å². The summed E-state index contributed by atoms with van der Waals surface area (Å²) in [6.45, 7) is 4.56. The highest BCUT2D eigenvalue weighted by Gasteiger charge is 2.11. The first-order valence-corrected chi connectivity index (χ1v) is 6.73. The third-order valence-corrected chi connectivity index (χ3v) is 2.98. The third-order valence-electron chi connectivity index (χ3n) is 2.98. The molecular weight excluding hydrogens is 229 g/mol. The highest BCUT2D eigenvalue weighted by molar-refractivity contribution is 5.17. The summed E-state index contributed by atoms with van der Waals surface area (Å²) in [6, 6.07) is 7.02. The van der Waals surface area contributed by atoms with Crippen LogP contribution in [0, 0.1) is 11.7 Å². The zero-order chi connectivity index (χ0) is 13.2. The third kappa shape index (κ3) is 5.61. The molecule has 0 saturated heterocycles. The van der Waals surface area contributed by atoms with E-state index in [4.69, 9.17) is 4.74 Å². The van der Waals surface area contributed by atoms with Gasteiger partial charge in [0.1, 0.15) is 5.82 Å². The molecule has 0 aromatic heterocycles. The molecule has 102 valence electrons. The number of rotatable bonds is 9. The van der Waals surface area contributed by atoms with E-state index in [0.717, 1.165) is 44.6 Å². The van der Waals surface area contributed by atoms with Crippen LogP contribution in [0.15, 0.2) is 24.3 Å². The molecule has 1 N–H and O–H groups in total. The normalized spacial score (nSPS) is 12.6. The zero-order valence-electron chi connectivity index (χ0n) is 11.4. The number of nitrogens with one attached hydrogen (secondary N) is 1. The Labute approximate surface area is 110 Å². The lowest BCUT2D eigenvalue weighted by Gasteiger charge is -2.17. The van der Waals surface area contributed by atoms with Crippen molar-refractivity contribution in [1.82, 2.24) is 5.32 Å². The van der Waals surface area contributed by atoms with Crippen LogP contribution in [-0.4, -0.2) is 26.8 Å². The lowest BCUT2D eigenvalue weighted by Crippen LogP contribution is -2.22. The second kappa shape index (κ2) is 9.06. The second-order valence-corrected chi connectivity index (χ2v) is 4.62. The van der Waals surface area contributed by atoms with Gasteiger partial charge in [0.05, 0.1) is 0 Å². The molecule has 18 heavy (non-hydrogen) atoms. The summed E-state index contributed by atoms with van der Waals surface area (Å²) in [5.74, 6) is 0.317. The predicted octanol–water partition coefficient (Wildman–Crippen LogP) is 3.02. The Bertz CT molecular complexity index is 330. The highest BCUT2D eigenvalue weighted by Crippen LogP contribution is 2.15. The van der Waals surface area contributed by atoms with Crippen molar-refractivity contribution < 1.29 is 9.13 Å². The van der Waals surface area contributed by atoms with E-state index in [1.165, 1.54) is 6.07 Å². The summed E-state index contributed by atoms with van der Waals surface area (Å²) < 4.78 is 19.1. The first-order valence-electron chi connectivity index (χ1n) is 6.73. The van der Waals surface area contributed by atoms with Gasteiger partial charge in [-0.05, 0) is 50.4 Å². The minimum absolute atomic E-state index is 0.104. The van der Waals surface area contributed by atoms with Crippen LogP contribution in [0.4, 0.5) is 4.39 Å². The van der Waals surface area contributed by atoms with Crippen molar-refractivity contribution in [2.45, 2.75) is 26.2 Å². The first-order chi connectivity index (χ1) is 8.77. The van der Waals surface area contributed by atoms with Gasteiger partial charge in [-0.2, -0.15) is 0 Å². The smallest absolute Gasteiger partial charge is 0.126 e. The molecule has 0 aliphatic carbocycles. The minimum Gasteiger partial charge on any atom is -0.381 e. The van der Waals surface area contributed by atoms with Crippen molar-refractivity contribution in [3.63, 3.8) is 0 Å². The average Bonchev–Trinajstić information content (AvgIpc) is 2.37. The molecule has 0 spiro atoms. The van der Waals surface area contributed by atoms with Gasteiger partial charge in [-0.25, -0.2) is 4.39 Å². The standard InChI is InChI=1S/C15H24FNO/c1-3-9-18-10-8-13(12-17-2)11-14-6-4-5-7-15(14)16/h4-7,13,17H,3,8-12H2,1-2H3. The molecule has 0 radical (unpaired) electrons. The van der Waals surface area contributed by atoms with Gasteiger partial charge in [0.15, 0.2) is 0 Å². The summed E-state index contributed by atoms with van der Waals surface area (Å²) in [5.41, 5.74) is 0.799. The van der Waals surface area contributed by atoms with Gasteiger partial charge < -0.3 is 10.1 Å². The van der Waals surface area contributed by atoms with Crippen molar-refractivity contribution in [3.05, 3.63) is 35.6 Å². The summed E-state index contributed by atoms with van der Waals surface area (Å²) >= 11 is 0. The van der Waals surface area contributed by atoms with Gasteiger partial charge in [-0.3, -0.25) is 0 Å². The monoisotopic (exact) mass is 253 g/mol. The van der Waals surface area contributed by atoms with Gasteiger partial charge in [0.2, 0.25) is 0 Å². The Morgan fingerprint density at radius 3 is 2.72 bits per heavy atom. The van der Waals surface area contributed by atoms with Crippen molar-refractivity contribution in [2.75, 3.05) is 26.8 Å². The molecule has 1 unspecified atom stereocenters. The summed E-state index contributed by atoms with van der Waals surface area (Å²) in [7, 11) is 1.93. The van der Waals surface area contributed by atoms with Gasteiger partial charge >= 0.3 is 0 Å². The SMILES string of the molecule is CCCOCCC(CNC)Cc1ccccc1F. The molecule has 1 atom stereocenters. The lowest BCUT2D eigenvalue weighted by molar-refractivity contribution is 0.120. The van der Waals surface area contributed by atoms with Crippen LogP contribution >= 0.6 is 0 Å². The van der Waals surface area contributed by atoms with E-state index in [2.05, 4.69) is 12.2 Å². The van der Waals surface area contributed by atoms with Crippen molar-refractivity contribution >= 4 is 0 Å². The topological polar surface area (TPSA) is 21.3 Å². The molecule has 0 heterocycles. The fraction of sp³-hybridized carbons (Fsp3) is 0.600. The van der Waals surface area contributed by atoms with Crippen LogP contribution in [0.2, 0.25) is 0 Å². The Kier molecular flexibility index (Phi) is 7.62. The maximum absolute atomic E-state index is 13.6. The summed E-state index contributed by atoms with van der Waals surface area (Å²) in [4.78, 5) is 0. The Hall–Kier alpha value is -0.930. The molecule has 1 aromatic rings. The molecule has 0 aliphatic heterocycles. The molecule has 0 saturated carbocycles. The van der Waals surface area contributed by atoms with Gasteiger partial charge in [0, 0.05) is 13.2 Å². The summed E-state index contributed by atoms with van der Waals surface area (Å²) in [6.07, 6.45) is 2.78. The molecule has 2 nitrogen and oxygen atoms in total. The van der Waals surface area contributed by atoms with Crippen molar-refractivity contribution in [1.29, 1.82) is 0 Å². The second-order valence-electron chi connectivity index (χ2n) is 4.62. The van der Waals surface area contributed by atoms with Crippen LogP contribution < -0.4 is 5.32 Å². The van der Waals surface area contributed by atoms with Crippen molar-refractivity contribution in [3.8, 4) is 0 Å². The van der Waals surface area contributed by atoms with E-state index in [-0.39, 0.29) is 5.82 Å². The average molecular weight is 253 g/mol. The molecule has 1 aromatic carbocycles. The fourth-order valence-corrected chi connectivity index (χ4v) is 2.04. The minimum atomic E-state index is -0.104. The zero-order valence-corrected chi connectivity index (χ0v) is 11.4. The lowest BCUT2D eigenvalue weighted by atomic mass is 9.96. The molecule has 0 aliphatic rings. The number of benzene rings is 1. The predicted molar refractivity (Wildman–Crippen MR) is 73.2 cm³/mol. The fourth-order valence-electron chi connectivity index (χ4n) is 2.04. The summed E-state index contributed by atoms with van der Waals surface area (Å²) in [5, 5.41) is 3.17. The maximum atomic E-state index is 13.6. The number of halogens is 1. The molecule has 0 fully saturated rings. The van der Waals surface area contributed by atoms with E-state index in [0.29, 0.717) is 5.92 Å². The maximum Gasteiger partial charge on any atom is 0.126 e. The van der Waals surface area contributed by atoms with Crippen LogP contribution in [0.25, 0.3) is 0 Å². The first kappa shape index (κ1) is 15.1. The van der Waals surface area contributed by atoms with E-state index in [1.807, 2.05) is 19.2 Å². The number of hydrogen-bond acceptors (Lipinski definition) is 2. The van der Waals surface area contributed by atoms with Gasteiger partial charge in [-0.1, -0.05) is 25.1 Å². The van der Waals surface area contributed by atoms with E-state index < -0.39 is 0 Å². The van der Waals surface area contributed by atoms with Crippen LogP contribution in [0.5, 0.6) is 0 Å².